The molecule has 3 unspecified atom stereocenters. The van der Waals surface area contributed by atoms with Gasteiger partial charge in [0.25, 0.3) is 0 Å². The topological polar surface area (TPSA) is 67.9 Å². The minimum atomic E-state index is -0.0817. The van der Waals surface area contributed by atoms with Crippen molar-refractivity contribution in [3.8, 4) is 12.1 Å². The minimum absolute atomic E-state index is 0.0138. The van der Waals surface area contributed by atoms with Gasteiger partial charge in [-0.15, -0.1) is 0 Å². The molecule has 2 aliphatic heterocycles. The molecule has 15 heavy (non-hydrogen) atoms. The summed E-state index contributed by atoms with van der Waals surface area (Å²) in [6.07, 6.45) is 2.51. The Hall–Kier alpha value is -1.39. The molecule has 0 aromatic carbocycles. The van der Waals surface area contributed by atoms with E-state index in [4.69, 9.17) is 10.5 Å². The van der Waals surface area contributed by atoms with Gasteiger partial charge in [0.15, 0.2) is 0 Å². The van der Waals surface area contributed by atoms with Crippen molar-refractivity contribution in [1.82, 2.24) is 4.90 Å². The second-order valence-corrected chi connectivity index (χ2v) is 4.21. The van der Waals surface area contributed by atoms with Gasteiger partial charge < -0.3 is 0 Å². The SMILES string of the molecule is N#CCCN1C2CC(C#N)C1CCC2=O. The number of Topliss-reactive ketones (excluding diaryl/α,β-unsaturated/α-hetero) is 1. The molecule has 2 bridgehead atoms. The molecule has 0 radical (unpaired) electrons. The minimum Gasteiger partial charge on any atom is -0.298 e. The lowest BCUT2D eigenvalue weighted by molar-refractivity contribution is -0.126. The number of piperidine rings is 1. The van der Waals surface area contributed by atoms with Gasteiger partial charge in [-0.05, 0) is 12.8 Å². The molecule has 0 aromatic rings. The lowest BCUT2D eigenvalue weighted by Crippen LogP contribution is -2.46. The van der Waals surface area contributed by atoms with Gasteiger partial charge in [0.2, 0.25) is 0 Å². The number of carbonyl (C=O) groups excluding carboxylic acids is 1. The molecule has 2 aliphatic rings. The van der Waals surface area contributed by atoms with Crippen LogP contribution in [0, 0.1) is 28.6 Å². The highest BCUT2D eigenvalue weighted by Gasteiger charge is 2.47. The van der Waals surface area contributed by atoms with Crippen molar-refractivity contribution in [2.24, 2.45) is 5.92 Å². The van der Waals surface area contributed by atoms with Crippen LogP contribution in [0.4, 0.5) is 0 Å². The molecule has 3 atom stereocenters. The first kappa shape index (κ1) is 10.1. The normalized spacial score (nSPS) is 34.8. The highest BCUT2D eigenvalue weighted by atomic mass is 16.1. The highest BCUT2D eigenvalue weighted by Crippen LogP contribution is 2.37. The van der Waals surface area contributed by atoms with Crippen LogP contribution >= 0.6 is 0 Å². The monoisotopic (exact) mass is 203 g/mol. The zero-order valence-electron chi connectivity index (χ0n) is 8.52. The molecule has 0 spiro atoms. The smallest absolute Gasteiger partial charge is 0.150 e. The Morgan fingerprint density at radius 3 is 2.93 bits per heavy atom. The molecule has 0 N–H and O–H groups in total. The van der Waals surface area contributed by atoms with Crippen molar-refractivity contribution in [3.05, 3.63) is 0 Å². The van der Waals surface area contributed by atoms with Gasteiger partial charge in [0.1, 0.15) is 5.78 Å². The van der Waals surface area contributed by atoms with E-state index in [1.54, 1.807) is 0 Å². The van der Waals surface area contributed by atoms with E-state index in [1.807, 2.05) is 0 Å². The van der Waals surface area contributed by atoms with E-state index in [-0.39, 0.29) is 23.8 Å². The van der Waals surface area contributed by atoms with Gasteiger partial charge in [-0.2, -0.15) is 10.5 Å². The van der Waals surface area contributed by atoms with Crippen molar-refractivity contribution >= 4 is 5.78 Å². The number of carbonyl (C=O) groups is 1. The first-order valence-corrected chi connectivity index (χ1v) is 5.33. The van der Waals surface area contributed by atoms with E-state index in [1.165, 1.54) is 0 Å². The molecule has 0 amide bonds. The lowest BCUT2D eigenvalue weighted by Gasteiger charge is -2.33. The fourth-order valence-corrected chi connectivity index (χ4v) is 2.77. The molecule has 2 rings (SSSR count). The maximum atomic E-state index is 11.7. The maximum absolute atomic E-state index is 11.7. The molecule has 4 heteroatoms. The third-order valence-corrected chi connectivity index (χ3v) is 3.47. The van der Waals surface area contributed by atoms with E-state index in [0.29, 0.717) is 25.8 Å². The fourth-order valence-electron chi connectivity index (χ4n) is 2.77. The predicted octanol–water partition coefficient (Wildman–Crippen LogP) is 0.846. The Bertz CT molecular complexity index is 352. The number of nitriles is 2. The summed E-state index contributed by atoms with van der Waals surface area (Å²) < 4.78 is 0. The Morgan fingerprint density at radius 2 is 2.27 bits per heavy atom. The van der Waals surface area contributed by atoms with Crippen LogP contribution < -0.4 is 0 Å². The third kappa shape index (κ3) is 1.62. The van der Waals surface area contributed by atoms with E-state index < -0.39 is 0 Å². The number of hydrogen-bond acceptors (Lipinski definition) is 4. The second-order valence-electron chi connectivity index (χ2n) is 4.21. The first-order valence-electron chi connectivity index (χ1n) is 5.33. The van der Waals surface area contributed by atoms with Gasteiger partial charge in [0.05, 0.1) is 24.1 Å². The Kier molecular flexibility index (Phi) is 2.70. The number of nitrogens with zero attached hydrogens (tertiary/aromatic N) is 3. The Balaban J connectivity index is 2.14. The number of ketones is 1. The molecule has 2 fully saturated rings. The molecule has 0 aliphatic carbocycles. The fraction of sp³-hybridized carbons (Fsp3) is 0.727. The van der Waals surface area contributed by atoms with Crippen molar-refractivity contribution in [2.75, 3.05) is 6.54 Å². The zero-order chi connectivity index (χ0) is 10.8. The van der Waals surface area contributed by atoms with Crippen molar-refractivity contribution in [1.29, 1.82) is 10.5 Å². The van der Waals surface area contributed by atoms with Crippen molar-refractivity contribution in [2.45, 2.75) is 37.8 Å². The van der Waals surface area contributed by atoms with Crippen molar-refractivity contribution < 1.29 is 4.79 Å². The summed E-state index contributed by atoms with van der Waals surface area (Å²) in [5.74, 6) is 0.238. The quantitative estimate of drug-likeness (QED) is 0.667. The Labute approximate surface area is 89.1 Å². The van der Waals surface area contributed by atoms with Crippen LogP contribution in [-0.4, -0.2) is 29.3 Å². The second kappa shape index (κ2) is 4.00. The Morgan fingerprint density at radius 1 is 1.47 bits per heavy atom. The van der Waals surface area contributed by atoms with Gasteiger partial charge in [-0.3, -0.25) is 9.69 Å². The van der Waals surface area contributed by atoms with Crippen molar-refractivity contribution in [3.63, 3.8) is 0 Å². The molecule has 2 saturated heterocycles. The predicted molar refractivity (Wildman–Crippen MR) is 52.5 cm³/mol. The van der Waals surface area contributed by atoms with Crippen LogP contribution in [0.1, 0.15) is 25.7 Å². The standard InChI is InChI=1S/C11H13N3O/c12-4-1-5-14-9-2-3-11(15)10(14)6-8(9)7-13/h8-10H,1-3,5-6H2. The van der Waals surface area contributed by atoms with Crippen LogP contribution in [0.5, 0.6) is 0 Å². The molecule has 78 valence electrons. The van der Waals surface area contributed by atoms with Crippen LogP contribution in [-0.2, 0) is 4.79 Å². The number of hydrogen-bond donors (Lipinski definition) is 0. The summed E-state index contributed by atoms with van der Waals surface area (Å²) in [5, 5.41) is 17.5. The van der Waals surface area contributed by atoms with Gasteiger partial charge in [0, 0.05) is 25.4 Å². The summed E-state index contributed by atoms with van der Waals surface area (Å²) in [7, 11) is 0. The number of fused-ring (bicyclic) bond motifs is 2. The number of rotatable bonds is 2. The van der Waals surface area contributed by atoms with Gasteiger partial charge in [-0.1, -0.05) is 0 Å². The summed E-state index contributed by atoms with van der Waals surface area (Å²) >= 11 is 0. The van der Waals surface area contributed by atoms with Crippen LogP contribution in [0.3, 0.4) is 0 Å². The third-order valence-electron chi connectivity index (χ3n) is 3.47. The van der Waals surface area contributed by atoms with Gasteiger partial charge >= 0.3 is 0 Å². The average Bonchev–Trinajstić information content (AvgIpc) is 2.52. The largest absolute Gasteiger partial charge is 0.298 e. The average molecular weight is 203 g/mol. The molecule has 0 aromatic heterocycles. The highest BCUT2D eigenvalue weighted by molar-refractivity contribution is 5.85. The van der Waals surface area contributed by atoms with E-state index in [0.717, 1.165) is 6.42 Å². The molecule has 2 heterocycles. The summed E-state index contributed by atoms with van der Waals surface area (Å²) in [5.41, 5.74) is 0. The maximum Gasteiger partial charge on any atom is 0.150 e. The zero-order valence-corrected chi connectivity index (χ0v) is 8.52. The van der Waals surface area contributed by atoms with E-state index in [9.17, 15) is 4.79 Å². The summed E-state index contributed by atoms with van der Waals surface area (Å²) in [6, 6.07) is 4.51. The van der Waals surface area contributed by atoms with Gasteiger partial charge in [-0.25, -0.2) is 0 Å². The molecular weight excluding hydrogens is 190 g/mol. The van der Waals surface area contributed by atoms with E-state index >= 15 is 0 Å². The molecular formula is C11H13N3O. The van der Waals surface area contributed by atoms with Crippen LogP contribution in [0.2, 0.25) is 0 Å². The molecule has 4 nitrogen and oxygen atoms in total. The lowest BCUT2D eigenvalue weighted by atomic mass is 9.98. The summed E-state index contributed by atoms with van der Waals surface area (Å²) in [6.45, 7) is 0.635. The summed E-state index contributed by atoms with van der Waals surface area (Å²) in [4.78, 5) is 13.7. The van der Waals surface area contributed by atoms with Crippen LogP contribution in [0.15, 0.2) is 0 Å². The molecule has 0 saturated carbocycles. The first-order chi connectivity index (χ1) is 7.27. The van der Waals surface area contributed by atoms with Crippen LogP contribution in [0.25, 0.3) is 0 Å². The van der Waals surface area contributed by atoms with E-state index in [2.05, 4.69) is 17.0 Å².